The van der Waals surface area contributed by atoms with Crippen LogP contribution in [0.1, 0.15) is 5.56 Å². The summed E-state index contributed by atoms with van der Waals surface area (Å²) in [5, 5.41) is 10.4. The first-order valence-electron chi connectivity index (χ1n) is 6.77. The molecule has 4 nitrogen and oxygen atoms in total. The SMILES string of the molecule is O=C(O)[C@H](Cc1c[nH]c2ccccc12)N=C[C]1[CH][CH][CH][CH]1. The topological polar surface area (TPSA) is 65.4 Å². The Balaban J connectivity index is 1.77. The molecule has 5 radical (unpaired) electrons. The highest BCUT2D eigenvalue weighted by Gasteiger charge is 2.20. The van der Waals surface area contributed by atoms with Crippen molar-refractivity contribution in [2.24, 2.45) is 4.99 Å². The van der Waals surface area contributed by atoms with Gasteiger partial charge in [0.15, 0.2) is 6.04 Å². The Kier molecular flexibility index (Phi) is 4.04. The van der Waals surface area contributed by atoms with E-state index in [4.69, 9.17) is 0 Å². The number of carboxylic acids is 1. The van der Waals surface area contributed by atoms with Crippen LogP contribution < -0.4 is 0 Å². The van der Waals surface area contributed by atoms with Gasteiger partial charge < -0.3 is 10.1 Å². The van der Waals surface area contributed by atoms with Crippen molar-refractivity contribution in [3.63, 3.8) is 0 Å². The average Bonchev–Trinajstić information content (AvgIpc) is 3.13. The van der Waals surface area contributed by atoms with Gasteiger partial charge in [0, 0.05) is 35.7 Å². The summed E-state index contributed by atoms with van der Waals surface area (Å²) in [5.41, 5.74) is 1.98. The van der Waals surface area contributed by atoms with Gasteiger partial charge in [-0.3, -0.25) is 4.99 Å². The van der Waals surface area contributed by atoms with Crippen LogP contribution in [0.3, 0.4) is 0 Å². The molecule has 105 valence electrons. The minimum Gasteiger partial charge on any atom is -0.480 e. The first-order chi connectivity index (χ1) is 10.2. The van der Waals surface area contributed by atoms with Crippen molar-refractivity contribution in [1.82, 2.24) is 4.98 Å². The van der Waals surface area contributed by atoms with E-state index in [-0.39, 0.29) is 0 Å². The zero-order chi connectivity index (χ0) is 14.7. The molecule has 1 aromatic carbocycles. The smallest absolute Gasteiger partial charge is 0.328 e. The fourth-order valence-electron chi connectivity index (χ4n) is 2.36. The largest absolute Gasteiger partial charge is 0.480 e. The van der Waals surface area contributed by atoms with E-state index in [2.05, 4.69) is 9.98 Å². The molecule has 0 unspecified atom stereocenters. The number of aromatic amines is 1. The van der Waals surface area contributed by atoms with Crippen LogP contribution in [0.25, 0.3) is 10.9 Å². The molecule has 2 aromatic rings. The van der Waals surface area contributed by atoms with E-state index in [9.17, 15) is 9.90 Å². The van der Waals surface area contributed by atoms with Crippen molar-refractivity contribution in [1.29, 1.82) is 0 Å². The summed E-state index contributed by atoms with van der Waals surface area (Å²) in [6, 6.07) is 7.08. The van der Waals surface area contributed by atoms with Crippen LogP contribution in [-0.4, -0.2) is 28.3 Å². The summed E-state index contributed by atoms with van der Waals surface area (Å²) < 4.78 is 0. The Bertz CT molecular complexity index is 654. The number of benzene rings is 1. The monoisotopic (exact) mass is 279 g/mol. The van der Waals surface area contributed by atoms with Crippen molar-refractivity contribution in [3.8, 4) is 0 Å². The minimum atomic E-state index is -0.914. The van der Waals surface area contributed by atoms with E-state index < -0.39 is 12.0 Å². The Morgan fingerprint density at radius 2 is 2.05 bits per heavy atom. The van der Waals surface area contributed by atoms with Gasteiger partial charge in [-0.1, -0.05) is 18.2 Å². The number of aliphatic carboxylic acids is 1. The predicted molar refractivity (Wildman–Crippen MR) is 82.4 cm³/mol. The molecule has 0 saturated heterocycles. The van der Waals surface area contributed by atoms with Gasteiger partial charge in [-0.25, -0.2) is 4.79 Å². The molecule has 2 N–H and O–H groups in total. The predicted octanol–water partition coefficient (Wildman–Crippen LogP) is 2.64. The summed E-state index contributed by atoms with van der Waals surface area (Å²) in [6.07, 6.45) is 11.4. The lowest BCUT2D eigenvalue weighted by molar-refractivity contribution is -0.138. The maximum atomic E-state index is 11.4. The second kappa shape index (κ2) is 6.12. The number of H-pyrrole nitrogens is 1. The lowest BCUT2D eigenvalue weighted by atomic mass is 10.0. The third-order valence-corrected chi connectivity index (χ3v) is 3.47. The number of carboxylic acid groups (broad SMARTS) is 1. The molecule has 1 aliphatic rings. The molecule has 0 spiro atoms. The molecule has 3 rings (SSSR count). The molecule has 1 aromatic heterocycles. The Morgan fingerprint density at radius 3 is 2.81 bits per heavy atom. The van der Waals surface area contributed by atoms with E-state index in [1.807, 2.05) is 56.1 Å². The number of aliphatic imine (C=N–C) groups is 1. The molecule has 4 heteroatoms. The van der Waals surface area contributed by atoms with E-state index >= 15 is 0 Å². The second-order valence-corrected chi connectivity index (χ2v) is 4.91. The van der Waals surface area contributed by atoms with Crippen molar-refractivity contribution >= 4 is 23.1 Å². The molecule has 1 saturated carbocycles. The maximum absolute atomic E-state index is 11.4. The molecule has 1 aliphatic carbocycles. The zero-order valence-electron chi connectivity index (χ0n) is 11.4. The van der Waals surface area contributed by atoms with E-state index in [0.717, 1.165) is 22.4 Å². The highest BCUT2D eigenvalue weighted by atomic mass is 16.4. The van der Waals surface area contributed by atoms with Crippen LogP contribution in [0.5, 0.6) is 0 Å². The van der Waals surface area contributed by atoms with Gasteiger partial charge >= 0.3 is 5.97 Å². The number of carbonyl (C=O) groups is 1. The normalized spacial score (nSPS) is 17.7. The molecule has 1 atom stereocenters. The van der Waals surface area contributed by atoms with Crippen LogP contribution in [0.2, 0.25) is 0 Å². The number of rotatable bonds is 5. The first-order valence-corrected chi connectivity index (χ1v) is 6.77. The summed E-state index contributed by atoms with van der Waals surface area (Å²) in [5.74, 6) is 0.00302. The van der Waals surface area contributed by atoms with Gasteiger partial charge in [0.05, 0.1) is 0 Å². The van der Waals surface area contributed by atoms with Crippen molar-refractivity contribution in [3.05, 3.63) is 67.6 Å². The lowest BCUT2D eigenvalue weighted by Crippen LogP contribution is -2.21. The number of nitrogens with zero attached hydrogens (tertiary/aromatic N) is 1. The summed E-state index contributed by atoms with van der Waals surface area (Å²) >= 11 is 0. The third-order valence-electron chi connectivity index (χ3n) is 3.47. The van der Waals surface area contributed by atoms with Crippen molar-refractivity contribution < 1.29 is 9.90 Å². The van der Waals surface area contributed by atoms with E-state index in [1.54, 1.807) is 6.21 Å². The quantitative estimate of drug-likeness (QED) is 0.826. The number of hydrogen-bond acceptors (Lipinski definition) is 2. The van der Waals surface area contributed by atoms with Crippen LogP contribution in [0.15, 0.2) is 35.5 Å². The maximum Gasteiger partial charge on any atom is 0.328 e. The summed E-state index contributed by atoms with van der Waals surface area (Å²) in [6.45, 7) is 0. The Morgan fingerprint density at radius 1 is 1.29 bits per heavy atom. The molecule has 1 heterocycles. The summed E-state index contributed by atoms with van der Waals surface area (Å²) in [7, 11) is 0. The van der Waals surface area contributed by atoms with Crippen LogP contribution in [0.4, 0.5) is 0 Å². The minimum absolute atomic E-state index is 0.372. The standard InChI is InChI=1S/C17H15N2O2/c20-17(21)16(18-10-12-5-1-2-6-12)9-13-11-19-15-8-4-3-7-14(13)15/h1-8,10-11,16,19H,9H2,(H,20,21)/t16-/m0/s1. The van der Waals surface area contributed by atoms with Gasteiger partial charge in [0.25, 0.3) is 0 Å². The Hall–Kier alpha value is -2.10. The van der Waals surface area contributed by atoms with Crippen LogP contribution in [0, 0.1) is 31.6 Å². The van der Waals surface area contributed by atoms with Gasteiger partial charge in [0.1, 0.15) is 0 Å². The molecular formula is C17H15N2O2. The zero-order valence-corrected chi connectivity index (χ0v) is 11.4. The molecule has 1 fully saturated rings. The van der Waals surface area contributed by atoms with Gasteiger partial charge in [0.2, 0.25) is 0 Å². The number of aromatic nitrogens is 1. The first kappa shape index (κ1) is 13.9. The van der Waals surface area contributed by atoms with Crippen molar-refractivity contribution in [2.75, 3.05) is 0 Å². The van der Waals surface area contributed by atoms with Crippen LogP contribution >= 0.6 is 0 Å². The number of para-hydroxylation sites is 1. The second-order valence-electron chi connectivity index (χ2n) is 4.91. The van der Waals surface area contributed by atoms with Crippen molar-refractivity contribution in [2.45, 2.75) is 12.5 Å². The summed E-state index contributed by atoms with van der Waals surface area (Å²) in [4.78, 5) is 18.8. The van der Waals surface area contributed by atoms with Gasteiger partial charge in [-0.15, -0.1) is 0 Å². The molecular weight excluding hydrogens is 264 g/mol. The molecule has 0 bridgehead atoms. The highest BCUT2D eigenvalue weighted by molar-refractivity contribution is 5.87. The highest BCUT2D eigenvalue weighted by Crippen LogP contribution is 2.22. The van der Waals surface area contributed by atoms with E-state index in [0.29, 0.717) is 6.42 Å². The average molecular weight is 279 g/mol. The number of nitrogens with one attached hydrogen (secondary N) is 1. The fourth-order valence-corrected chi connectivity index (χ4v) is 2.36. The van der Waals surface area contributed by atoms with Gasteiger partial charge in [-0.2, -0.15) is 0 Å². The Labute approximate surface area is 123 Å². The molecule has 0 amide bonds. The molecule has 0 aliphatic heterocycles. The van der Waals surface area contributed by atoms with E-state index in [1.165, 1.54) is 0 Å². The molecule has 21 heavy (non-hydrogen) atoms. The van der Waals surface area contributed by atoms with Gasteiger partial charge in [-0.05, 0) is 37.3 Å². The van der Waals surface area contributed by atoms with Crippen LogP contribution in [-0.2, 0) is 11.2 Å². The number of fused-ring (bicyclic) bond motifs is 1. The lowest BCUT2D eigenvalue weighted by Gasteiger charge is -2.08. The fraction of sp³-hybridized carbons (Fsp3) is 0.118. The third kappa shape index (κ3) is 3.15. The number of hydrogen-bond donors (Lipinski definition) is 2.